The van der Waals surface area contributed by atoms with Gasteiger partial charge in [-0.25, -0.2) is 9.37 Å². The molecule has 0 unspecified atom stereocenters. The molecule has 6 nitrogen and oxygen atoms in total. The lowest BCUT2D eigenvalue weighted by Gasteiger charge is -2.31. The van der Waals surface area contributed by atoms with Crippen LogP contribution in [0.15, 0.2) is 59.7 Å². The van der Waals surface area contributed by atoms with Gasteiger partial charge in [-0.3, -0.25) is 19.1 Å². The summed E-state index contributed by atoms with van der Waals surface area (Å²) in [5.74, 6) is -0.0940. The standard InChI is InChI=1S/C21H19FN4O2/c1-21(2)13-25-19(28)11-17(14-7-9-23-10-8-14)24-20(25)26(21)12-18(27)15-3-5-16(22)6-4-15/h3-11H,12-13H2,1-2H3. The third-order valence-corrected chi connectivity index (χ3v) is 4.95. The molecular formula is C21H19FN4O2. The zero-order valence-electron chi connectivity index (χ0n) is 15.6. The summed E-state index contributed by atoms with van der Waals surface area (Å²) in [5, 5.41) is 0. The van der Waals surface area contributed by atoms with Crippen LogP contribution < -0.4 is 10.5 Å². The average molecular weight is 378 g/mol. The van der Waals surface area contributed by atoms with Crippen LogP contribution in [-0.2, 0) is 6.54 Å². The normalized spacial score (nSPS) is 14.8. The lowest BCUT2D eigenvalue weighted by molar-refractivity contribution is 0.0993. The Hall–Kier alpha value is -3.35. The van der Waals surface area contributed by atoms with Gasteiger partial charge in [-0.1, -0.05) is 0 Å². The highest BCUT2D eigenvalue weighted by Crippen LogP contribution is 2.32. The van der Waals surface area contributed by atoms with E-state index in [-0.39, 0.29) is 17.9 Å². The van der Waals surface area contributed by atoms with Crippen molar-refractivity contribution in [1.82, 2.24) is 14.5 Å². The van der Waals surface area contributed by atoms with Gasteiger partial charge in [0.2, 0.25) is 5.95 Å². The van der Waals surface area contributed by atoms with Crippen LogP contribution in [0.25, 0.3) is 11.3 Å². The van der Waals surface area contributed by atoms with E-state index in [1.807, 2.05) is 18.7 Å². The maximum atomic E-state index is 13.2. The molecule has 28 heavy (non-hydrogen) atoms. The number of ketones is 1. The summed E-state index contributed by atoms with van der Waals surface area (Å²) < 4.78 is 14.7. The average Bonchev–Trinajstić information content (AvgIpc) is 2.94. The summed E-state index contributed by atoms with van der Waals surface area (Å²) in [4.78, 5) is 35.9. The Morgan fingerprint density at radius 1 is 1.14 bits per heavy atom. The first-order valence-electron chi connectivity index (χ1n) is 8.94. The number of Topliss-reactive ketones (excluding diaryl/α,β-unsaturated/α-hetero) is 1. The Morgan fingerprint density at radius 3 is 2.50 bits per heavy atom. The van der Waals surface area contributed by atoms with Crippen LogP contribution in [-0.4, -0.2) is 32.4 Å². The predicted octanol–water partition coefficient (Wildman–Crippen LogP) is 2.93. The van der Waals surface area contributed by atoms with Crippen LogP contribution in [0.5, 0.6) is 0 Å². The quantitative estimate of drug-likeness (QED) is 0.653. The van der Waals surface area contributed by atoms with Gasteiger partial charge in [0.25, 0.3) is 5.56 Å². The SMILES string of the molecule is CC1(C)Cn2c(nc(-c3ccncc3)cc2=O)N1CC(=O)c1ccc(F)cc1. The van der Waals surface area contributed by atoms with E-state index in [2.05, 4.69) is 9.97 Å². The van der Waals surface area contributed by atoms with Crippen molar-refractivity contribution in [2.75, 3.05) is 11.4 Å². The molecule has 142 valence electrons. The van der Waals surface area contributed by atoms with Crippen molar-refractivity contribution in [3.05, 3.63) is 76.6 Å². The van der Waals surface area contributed by atoms with Crippen molar-refractivity contribution in [2.24, 2.45) is 0 Å². The molecule has 4 rings (SSSR count). The third-order valence-electron chi connectivity index (χ3n) is 4.95. The monoisotopic (exact) mass is 378 g/mol. The zero-order valence-corrected chi connectivity index (χ0v) is 15.6. The number of hydrogen-bond donors (Lipinski definition) is 0. The molecule has 0 bridgehead atoms. The molecule has 3 heterocycles. The molecule has 0 saturated carbocycles. The summed E-state index contributed by atoms with van der Waals surface area (Å²) in [6.07, 6.45) is 3.28. The Kier molecular flexibility index (Phi) is 4.30. The maximum Gasteiger partial charge on any atom is 0.255 e. The third kappa shape index (κ3) is 3.19. The number of fused-ring (bicyclic) bond motifs is 1. The minimum Gasteiger partial charge on any atom is -0.328 e. The van der Waals surface area contributed by atoms with Gasteiger partial charge < -0.3 is 4.90 Å². The van der Waals surface area contributed by atoms with Crippen molar-refractivity contribution in [1.29, 1.82) is 0 Å². The molecule has 0 saturated heterocycles. The van der Waals surface area contributed by atoms with Gasteiger partial charge in [0, 0.05) is 29.6 Å². The van der Waals surface area contributed by atoms with Gasteiger partial charge in [0.15, 0.2) is 5.78 Å². The minimum atomic E-state index is -0.467. The fraction of sp³-hybridized carbons (Fsp3) is 0.238. The summed E-state index contributed by atoms with van der Waals surface area (Å²) in [5.41, 5.74) is 1.11. The first-order chi connectivity index (χ1) is 13.3. The highest BCUT2D eigenvalue weighted by atomic mass is 19.1. The van der Waals surface area contributed by atoms with Crippen molar-refractivity contribution < 1.29 is 9.18 Å². The van der Waals surface area contributed by atoms with E-state index >= 15 is 0 Å². The van der Waals surface area contributed by atoms with E-state index < -0.39 is 11.4 Å². The summed E-state index contributed by atoms with van der Waals surface area (Å²) in [7, 11) is 0. The molecule has 0 aliphatic carbocycles. The molecule has 0 amide bonds. The van der Waals surface area contributed by atoms with Crippen LogP contribution in [0, 0.1) is 5.82 Å². The Labute approximate surface area is 161 Å². The maximum absolute atomic E-state index is 13.2. The fourth-order valence-electron chi connectivity index (χ4n) is 3.42. The molecule has 7 heteroatoms. The zero-order chi connectivity index (χ0) is 19.9. The largest absolute Gasteiger partial charge is 0.328 e. The first kappa shape index (κ1) is 18.0. The van der Waals surface area contributed by atoms with Crippen molar-refractivity contribution in [3.8, 4) is 11.3 Å². The van der Waals surface area contributed by atoms with Crippen LogP contribution in [0.3, 0.4) is 0 Å². The van der Waals surface area contributed by atoms with E-state index in [1.165, 1.54) is 30.3 Å². The second kappa shape index (κ2) is 6.67. The molecule has 0 fully saturated rings. The molecule has 1 aliphatic heterocycles. The molecule has 0 N–H and O–H groups in total. The number of halogens is 1. The van der Waals surface area contributed by atoms with Crippen LogP contribution in [0.1, 0.15) is 24.2 Å². The van der Waals surface area contributed by atoms with Gasteiger partial charge in [-0.15, -0.1) is 0 Å². The molecule has 1 aliphatic rings. The summed E-state index contributed by atoms with van der Waals surface area (Å²) >= 11 is 0. The number of nitrogens with zero attached hydrogens (tertiary/aromatic N) is 4. The van der Waals surface area contributed by atoms with E-state index in [1.54, 1.807) is 29.1 Å². The van der Waals surface area contributed by atoms with Gasteiger partial charge in [0.1, 0.15) is 5.82 Å². The van der Waals surface area contributed by atoms with E-state index in [0.29, 0.717) is 23.8 Å². The number of carbonyl (C=O) groups excluding carboxylic acids is 1. The van der Waals surface area contributed by atoms with Crippen LogP contribution >= 0.6 is 0 Å². The Bertz CT molecular complexity index is 1090. The van der Waals surface area contributed by atoms with Crippen molar-refractivity contribution in [3.63, 3.8) is 0 Å². The predicted molar refractivity (Wildman–Crippen MR) is 104 cm³/mol. The lowest BCUT2D eigenvalue weighted by Crippen LogP contribution is -2.44. The number of anilines is 1. The van der Waals surface area contributed by atoms with E-state index in [9.17, 15) is 14.0 Å². The second-order valence-corrected chi connectivity index (χ2v) is 7.43. The Morgan fingerprint density at radius 2 is 1.82 bits per heavy atom. The minimum absolute atomic E-state index is 0.0465. The molecule has 1 aromatic carbocycles. The molecule has 3 aromatic rings. The number of pyridine rings is 1. The fourth-order valence-corrected chi connectivity index (χ4v) is 3.42. The van der Waals surface area contributed by atoms with Crippen molar-refractivity contribution in [2.45, 2.75) is 25.9 Å². The highest BCUT2D eigenvalue weighted by molar-refractivity contribution is 5.99. The van der Waals surface area contributed by atoms with E-state index in [0.717, 1.165) is 5.56 Å². The molecule has 0 atom stereocenters. The summed E-state index contributed by atoms with van der Waals surface area (Å²) in [6.45, 7) is 4.41. The number of benzene rings is 1. The van der Waals surface area contributed by atoms with Gasteiger partial charge in [-0.2, -0.15) is 0 Å². The number of rotatable bonds is 4. The van der Waals surface area contributed by atoms with Gasteiger partial charge in [0.05, 0.1) is 24.3 Å². The summed E-state index contributed by atoms with van der Waals surface area (Å²) in [6, 6.07) is 10.5. The second-order valence-electron chi connectivity index (χ2n) is 7.43. The van der Waals surface area contributed by atoms with Crippen LogP contribution in [0.4, 0.5) is 10.3 Å². The smallest absolute Gasteiger partial charge is 0.255 e. The first-order valence-corrected chi connectivity index (χ1v) is 8.94. The highest BCUT2D eigenvalue weighted by Gasteiger charge is 2.39. The van der Waals surface area contributed by atoms with Gasteiger partial charge >= 0.3 is 0 Å². The Balaban J connectivity index is 1.73. The van der Waals surface area contributed by atoms with Gasteiger partial charge in [-0.05, 0) is 50.2 Å². The number of aromatic nitrogens is 3. The molecular weight excluding hydrogens is 359 g/mol. The van der Waals surface area contributed by atoms with E-state index in [4.69, 9.17) is 0 Å². The molecule has 0 spiro atoms. The topological polar surface area (TPSA) is 68.1 Å². The lowest BCUT2D eigenvalue weighted by atomic mass is 10.0. The molecule has 2 aromatic heterocycles. The number of hydrogen-bond acceptors (Lipinski definition) is 5. The molecule has 0 radical (unpaired) electrons. The number of carbonyl (C=O) groups is 1. The van der Waals surface area contributed by atoms with Crippen molar-refractivity contribution >= 4 is 11.7 Å². The van der Waals surface area contributed by atoms with Crippen LogP contribution in [0.2, 0.25) is 0 Å².